The van der Waals surface area contributed by atoms with Crippen LogP contribution in [0.2, 0.25) is 0 Å². The summed E-state index contributed by atoms with van der Waals surface area (Å²) in [7, 11) is 0. The van der Waals surface area contributed by atoms with E-state index < -0.39 is 0 Å². The topological polar surface area (TPSA) is 113 Å². The van der Waals surface area contributed by atoms with Crippen LogP contribution in [0.5, 0.6) is 0 Å². The SMILES string of the molecule is CC[N-]CC.CC[N-]CC.CC[N-]CC.CC[N-]CC.CC[N-]CC.CC[N-]CC.CC[N-]CC.CC[N-]CC.[Ti+4].[Ti+4]. The van der Waals surface area contributed by atoms with Crippen molar-refractivity contribution in [1.29, 1.82) is 0 Å². The zero-order valence-electron chi connectivity index (χ0n) is 31.9. The quantitative estimate of drug-likeness (QED) is 0.145. The average Bonchev–Trinajstić information content (AvgIpc) is 2.95. The summed E-state index contributed by atoms with van der Waals surface area (Å²) in [5.41, 5.74) is 0. The first-order chi connectivity index (χ1) is 19.3. The van der Waals surface area contributed by atoms with Gasteiger partial charge >= 0.3 is 43.4 Å². The maximum Gasteiger partial charge on any atom is 4.00 e. The summed E-state index contributed by atoms with van der Waals surface area (Å²) < 4.78 is 0. The summed E-state index contributed by atoms with van der Waals surface area (Å²) >= 11 is 0. The van der Waals surface area contributed by atoms with Crippen molar-refractivity contribution in [2.75, 3.05) is 105 Å². The van der Waals surface area contributed by atoms with Crippen LogP contribution in [0.25, 0.3) is 42.5 Å². The first-order valence-corrected chi connectivity index (χ1v) is 16.4. The van der Waals surface area contributed by atoms with Gasteiger partial charge in [0.1, 0.15) is 0 Å². The molecule has 0 spiro atoms. The third-order valence-electron chi connectivity index (χ3n) is 3.58. The standard InChI is InChI=1S/8C4H10N.2Ti/c8*1-3-5-4-2;;/h8*3-4H2,1-2H3;;/q8*-1;2*+4. The predicted octanol–water partition coefficient (Wildman–Crippen LogP) is 11.2. The van der Waals surface area contributed by atoms with Crippen LogP contribution in [0.4, 0.5) is 0 Å². The van der Waals surface area contributed by atoms with Crippen molar-refractivity contribution in [3.63, 3.8) is 0 Å². The molecule has 0 saturated carbocycles. The molecule has 0 N–H and O–H groups in total. The summed E-state index contributed by atoms with van der Waals surface area (Å²) in [5, 5.41) is 31.8. The number of hydrogen-bond acceptors (Lipinski definition) is 0. The average molecular weight is 673 g/mol. The summed E-state index contributed by atoms with van der Waals surface area (Å²) in [5.74, 6) is 0. The van der Waals surface area contributed by atoms with E-state index in [9.17, 15) is 0 Å². The van der Waals surface area contributed by atoms with Crippen LogP contribution < -0.4 is 0 Å². The Bertz CT molecular complexity index is 173. The van der Waals surface area contributed by atoms with E-state index in [0.29, 0.717) is 0 Å². The Hall–Kier alpha value is 1.11. The van der Waals surface area contributed by atoms with Crippen LogP contribution >= 0.6 is 0 Å². The summed E-state index contributed by atoms with van der Waals surface area (Å²) in [6, 6.07) is 0. The normalized spacial score (nSPS) is 8.00. The van der Waals surface area contributed by atoms with Crippen molar-refractivity contribution < 1.29 is 43.4 Å². The minimum atomic E-state index is 0. The molecule has 0 saturated heterocycles. The molecule has 0 aliphatic rings. The molecule has 42 heavy (non-hydrogen) atoms. The molecule has 0 amide bonds. The second-order valence-corrected chi connectivity index (χ2v) is 6.85. The van der Waals surface area contributed by atoms with E-state index in [0.717, 1.165) is 105 Å². The molecule has 0 heterocycles. The maximum atomic E-state index is 3.97. The zero-order valence-corrected chi connectivity index (χ0v) is 35.0. The molecule has 0 aromatic heterocycles. The van der Waals surface area contributed by atoms with Crippen LogP contribution in [0, 0.1) is 0 Å². The van der Waals surface area contributed by atoms with Gasteiger partial charge in [-0.05, 0) is 0 Å². The van der Waals surface area contributed by atoms with Crippen molar-refractivity contribution in [2.24, 2.45) is 0 Å². The van der Waals surface area contributed by atoms with Crippen molar-refractivity contribution in [1.82, 2.24) is 0 Å². The molecular weight excluding hydrogens is 592 g/mol. The first-order valence-electron chi connectivity index (χ1n) is 16.4. The Kier molecular flexibility index (Phi) is 187. The Morgan fingerprint density at radius 1 is 0.167 bits per heavy atom. The molecule has 8 nitrogen and oxygen atoms in total. The molecule has 256 valence electrons. The van der Waals surface area contributed by atoms with Crippen LogP contribution in [-0.4, -0.2) is 105 Å². The van der Waals surface area contributed by atoms with E-state index in [1.165, 1.54) is 0 Å². The molecule has 0 bridgehead atoms. The Morgan fingerprint density at radius 2 is 0.214 bits per heavy atom. The van der Waals surface area contributed by atoms with Crippen LogP contribution in [0.15, 0.2) is 0 Å². The minimum Gasteiger partial charge on any atom is -0.663 e. The van der Waals surface area contributed by atoms with Gasteiger partial charge in [0, 0.05) is 0 Å². The third kappa shape index (κ3) is 226. The smallest absolute Gasteiger partial charge is 0.663 e. The summed E-state index contributed by atoms with van der Waals surface area (Å²) in [4.78, 5) is 0. The monoisotopic (exact) mass is 673 g/mol. The number of rotatable bonds is 16. The van der Waals surface area contributed by atoms with Gasteiger partial charge in [0.25, 0.3) is 0 Å². The minimum absolute atomic E-state index is 0. The zero-order chi connectivity index (χ0) is 33.0. The maximum absolute atomic E-state index is 3.97. The Morgan fingerprint density at radius 3 is 0.214 bits per heavy atom. The van der Waals surface area contributed by atoms with Crippen LogP contribution in [0.1, 0.15) is 111 Å². The number of hydrogen-bond donors (Lipinski definition) is 0. The molecule has 0 fully saturated rings. The molecule has 0 radical (unpaired) electrons. The molecule has 0 atom stereocenters. The molecular formula is C32H80N8Ti2. The van der Waals surface area contributed by atoms with E-state index in [4.69, 9.17) is 0 Å². The molecule has 0 aliphatic heterocycles. The fourth-order valence-electron chi connectivity index (χ4n) is 1.79. The fraction of sp³-hybridized carbons (Fsp3) is 1.00. The van der Waals surface area contributed by atoms with E-state index in [-0.39, 0.29) is 43.4 Å². The Balaban J connectivity index is -0.0000000346. The van der Waals surface area contributed by atoms with Gasteiger partial charge in [-0.25, -0.2) is 0 Å². The second-order valence-electron chi connectivity index (χ2n) is 6.85. The van der Waals surface area contributed by atoms with Crippen molar-refractivity contribution in [3.8, 4) is 0 Å². The molecule has 0 unspecified atom stereocenters. The number of nitrogens with zero attached hydrogens (tertiary/aromatic N) is 8. The van der Waals surface area contributed by atoms with E-state index in [1.807, 2.05) is 111 Å². The molecule has 0 rings (SSSR count). The van der Waals surface area contributed by atoms with Gasteiger partial charge in [-0.3, -0.25) is 0 Å². The van der Waals surface area contributed by atoms with Crippen molar-refractivity contribution in [3.05, 3.63) is 42.5 Å². The molecule has 0 aromatic carbocycles. The van der Waals surface area contributed by atoms with Crippen LogP contribution in [-0.2, 0) is 43.4 Å². The van der Waals surface area contributed by atoms with Crippen molar-refractivity contribution in [2.45, 2.75) is 111 Å². The molecule has 0 aliphatic carbocycles. The van der Waals surface area contributed by atoms with Gasteiger partial charge in [0.2, 0.25) is 0 Å². The summed E-state index contributed by atoms with van der Waals surface area (Å²) in [6.07, 6.45) is 0. The van der Waals surface area contributed by atoms with E-state index >= 15 is 0 Å². The van der Waals surface area contributed by atoms with E-state index in [2.05, 4.69) is 42.5 Å². The van der Waals surface area contributed by atoms with Gasteiger partial charge < -0.3 is 42.5 Å². The predicted molar refractivity (Wildman–Crippen MR) is 196 cm³/mol. The van der Waals surface area contributed by atoms with Gasteiger partial charge in [-0.15, -0.1) is 0 Å². The van der Waals surface area contributed by atoms with Crippen LogP contribution in [0.3, 0.4) is 0 Å². The third-order valence-corrected chi connectivity index (χ3v) is 3.58. The molecule has 0 aromatic rings. The van der Waals surface area contributed by atoms with Gasteiger partial charge in [0.15, 0.2) is 0 Å². The first kappa shape index (κ1) is 69.7. The largest absolute Gasteiger partial charge is 4.00 e. The Labute approximate surface area is 300 Å². The van der Waals surface area contributed by atoms with Gasteiger partial charge in [-0.2, -0.15) is 105 Å². The van der Waals surface area contributed by atoms with Gasteiger partial charge in [-0.1, -0.05) is 111 Å². The van der Waals surface area contributed by atoms with Gasteiger partial charge in [0.05, 0.1) is 0 Å². The second kappa shape index (κ2) is 113. The van der Waals surface area contributed by atoms with Crippen molar-refractivity contribution >= 4 is 0 Å². The van der Waals surface area contributed by atoms with E-state index in [1.54, 1.807) is 0 Å². The fourth-order valence-corrected chi connectivity index (χ4v) is 1.79. The summed E-state index contributed by atoms with van der Waals surface area (Å²) in [6.45, 7) is 48.2. The molecule has 10 heteroatoms.